The number of carbonyl (C=O) groups is 1. The van der Waals surface area contributed by atoms with Crippen LogP contribution in [0.25, 0.3) is 0 Å². The first kappa shape index (κ1) is 25.7. The van der Waals surface area contributed by atoms with Crippen LogP contribution < -0.4 is 21.8 Å². The van der Waals surface area contributed by atoms with E-state index in [0.29, 0.717) is 0 Å². The summed E-state index contributed by atoms with van der Waals surface area (Å²) in [5.41, 5.74) is 0. The molecule has 27 heavy (non-hydrogen) atoms. The van der Waals surface area contributed by atoms with E-state index in [1.807, 2.05) is 0 Å². The van der Waals surface area contributed by atoms with Gasteiger partial charge in [0.1, 0.15) is 0 Å². The normalized spacial score (nSPS) is 10.7. The van der Waals surface area contributed by atoms with Crippen LogP contribution in [0.15, 0.2) is 12.2 Å². The molecule has 0 aliphatic heterocycles. The average molecular weight is 401 g/mol. The number of rotatable bonds is 17. The second-order valence-corrected chi connectivity index (χ2v) is 7.12. The number of nitrogens with one attached hydrogen (secondary N) is 3. The summed E-state index contributed by atoms with van der Waals surface area (Å²) in [6.45, 7) is 4.51. The average Bonchev–Trinajstić information content (AvgIpc) is 2.68. The van der Waals surface area contributed by atoms with Gasteiger partial charge in [-0.1, -0.05) is 51.2 Å². The molecule has 2 amide bonds. The Morgan fingerprint density at radius 2 is 1.30 bits per heavy atom. The summed E-state index contributed by atoms with van der Waals surface area (Å²) in [4.78, 5) is 15.9. The molecule has 0 saturated carbocycles. The first-order valence-electron chi connectivity index (χ1n) is 10.5. The molecule has 0 heterocycles. The highest BCUT2D eigenvalue weighted by atomic mass is 32.1. The molecule has 0 bridgehead atoms. The Labute approximate surface area is 171 Å². The van der Waals surface area contributed by atoms with E-state index in [2.05, 4.69) is 39.9 Å². The van der Waals surface area contributed by atoms with Crippen molar-refractivity contribution >= 4 is 23.4 Å². The fraction of sp³-hybridized carbons (Fsp3) is 0.800. The standard InChI is InChI=1S/C20H40N4O2S/c1-2-3-13-16-22-19(25)23-17-14-11-9-7-5-4-6-8-10-12-15-18-24-20(27)26-21/h5,7H,2-4,6,8-18,21H2,1H3,(H,24,27)(H2,22,23,25)/b7-5-. The van der Waals surface area contributed by atoms with Gasteiger partial charge in [-0.05, 0) is 57.2 Å². The van der Waals surface area contributed by atoms with Crippen molar-refractivity contribution in [2.24, 2.45) is 5.90 Å². The quantitative estimate of drug-likeness (QED) is 0.126. The largest absolute Gasteiger partial charge is 0.381 e. The van der Waals surface area contributed by atoms with Crippen LogP contribution in [-0.4, -0.2) is 30.8 Å². The van der Waals surface area contributed by atoms with Gasteiger partial charge in [0.15, 0.2) is 0 Å². The number of hydrogen-bond acceptors (Lipinski definition) is 4. The molecule has 0 aliphatic rings. The van der Waals surface area contributed by atoms with Gasteiger partial charge in [0.25, 0.3) is 5.17 Å². The molecule has 0 aromatic rings. The van der Waals surface area contributed by atoms with Crippen molar-refractivity contribution in [1.29, 1.82) is 0 Å². The Morgan fingerprint density at radius 1 is 0.815 bits per heavy atom. The van der Waals surface area contributed by atoms with Crippen molar-refractivity contribution in [2.45, 2.75) is 84.0 Å². The summed E-state index contributed by atoms with van der Waals surface area (Å²) in [5.74, 6) is 4.93. The van der Waals surface area contributed by atoms with Gasteiger partial charge in [-0.25, -0.2) is 4.79 Å². The van der Waals surface area contributed by atoms with Crippen LogP contribution in [0.4, 0.5) is 4.79 Å². The number of unbranched alkanes of at least 4 members (excludes halogenated alkanes) is 9. The van der Waals surface area contributed by atoms with E-state index >= 15 is 0 Å². The van der Waals surface area contributed by atoms with E-state index in [4.69, 9.17) is 18.1 Å². The van der Waals surface area contributed by atoms with E-state index < -0.39 is 0 Å². The fourth-order valence-corrected chi connectivity index (χ4v) is 2.72. The zero-order valence-electron chi connectivity index (χ0n) is 17.1. The molecule has 0 aromatic heterocycles. The van der Waals surface area contributed by atoms with Crippen LogP contribution in [0.1, 0.15) is 84.0 Å². The molecule has 0 saturated heterocycles. The lowest BCUT2D eigenvalue weighted by Crippen LogP contribution is -2.36. The first-order valence-corrected chi connectivity index (χ1v) is 10.9. The van der Waals surface area contributed by atoms with Crippen molar-refractivity contribution < 1.29 is 9.63 Å². The van der Waals surface area contributed by atoms with Gasteiger partial charge in [-0.15, -0.1) is 0 Å². The molecular weight excluding hydrogens is 360 g/mol. The van der Waals surface area contributed by atoms with Crippen LogP contribution in [0.3, 0.4) is 0 Å². The number of thiocarbonyl (C=S) groups is 1. The van der Waals surface area contributed by atoms with Crippen LogP contribution in [0, 0.1) is 0 Å². The maximum atomic E-state index is 11.5. The van der Waals surface area contributed by atoms with Gasteiger partial charge in [-0.2, -0.15) is 5.90 Å². The predicted molar refractivity (Wildman–Crippen MR) is 117 cm³/mol. The van der Waals surface area contributed by atoms with Crippen molar-refractivity contribution in [1.82, 2.24) is 16.0 Å². The van der Waals surface area contributed by atoms with E-state index in [-0.39, 0.29) is 11.2 Å². The molecule has 0 aliphatic carbocycles. The van der Waals surface area contributed by atoms with Crippen LogP contribution >= 0.6 is 12.2 Å². The van der Waals surface area contributed by atoms with Gasteiger partial charge in [0, 0.05) is 19.6 Å². The zero-order chi connectivity index (χ0) is 20.0. The third-order valence-electron chi connectivity index (χ3n) is 4.24. The molecule has 0 rings (SSSR count). The minimum Gasteiger partial charge on any atom is -0.381 e. The highest BCUT2D eigenvalue weighted by Gasteiger charge is 1.97. The summed E-state index contributed by atoms with van der Waals surface area (Å²) in [7, 11) is 0. The van der Waals surface area contributed by atoms with Gasteiger partial charge in [0.2, 0.25) is 0 Å². The monoisotopic (exact) mass is 400 g/mol. The Kier molecular flexibility index (Phi) is 19.9. The van der Waals surface area contributed by atoms with Gasteiger partial charge in [-0.3, -0.25) is 0 Å². The SMILES string of the molecule is CCCCCNC(=O)NCCCC/C=C\CCCCCCCNC(=S)ON. The second kappa shape index (κ2) is 21.0. The first-order chi connectivity index (χ1) is 13.2. The van der Waals surface area contributed by atoms with Gasteiger partial charge < -0.3 is 20.8 Å². The highest BCUT2D eigenvalue weighted by Crippen LogP contribution is 2.06. The molecule has 0 radical (unpaired) electrons. The van der Waals surface area contributed by atoms with Crippen molar-refractivity contribution in [3.63, 3.8) is 0 Å². The van der Waals surface area contributed by atoms with E-state index in [9.17, 15) is 4.79 Å². The fourth-order valence-electron chi connectivity index (χ4n) is 2.61. The number of nitrogens with two attached hydrogens (primary N) is 1. The molecular formula is C20H40N4O2S. The molecule has 0 unspecified atom stereocenters. The van der Waals surface area contributed by atoms with Crippen molar-refractivity contribution in [3.8, 4) is 0 Å². The minimum atomic E-state index is -0.0344. The van der Waals surface area contributed by atoms with Crippen LogP contribution in [0.2, 0.25) is 0 Å². The molecule has 5 N–H and O–H groups in total. The van der Waals surface area contributed by atoms with Gasteiger partial charge in [0.05, 0.1) is 0 Å². The van der Waals surface area contributed by atoms with Crippen LogP contribution in [0.5, 0.6) is 0 Å². The molecule has 0 atom stereocenters. The lowest BCUT2D eigenvalue weighted by molar-refractivity contribution is 0.240. The zero-order valence-corrected chi connectivity index (χ0v) is 17.9. The molecule has 7 heteroatoms. The van der Waals surface area contributed by atoms with E-state index in [1.165, 1.54) is 38.5 Å². The van der Waals surface area contributed by atoms with E-state index in [0.717, 1.165) is 58.2 Å². The Balaban J connectivity index is 3.23. The van der Waals surface area contributed by atoms with Crippen molar-refractivity contribution in [3.05, 3.63) is 12.2 Å². The van der Waals surface area contributed by atoms with Gasteiger partial charge >= 0.3 is 6.03 Å². The molecule has 0 spiro atoms. The van der Waals surface area contributed by atoms with E-state index in [1.54, 1.807) is 0 Å². The number of carbonyl (C=O) groups excluding carboxylic acids is 1. The maximum Gasteiger partial charge on any atom is 0.314 e. The highest BCUT2D eigenvalue weighted by molar-refractivity contribution is 7.80. The second-order valence-electron chi connectivity index (χ2n) is 6.75. The maximum absolute atomic E-state index is 11.5. The lowest BCUT2D eigenvalue weighted by atomic mass is 10.1. The topological polar surface area (TPSA) is 88.4 Å². The summed E-state index contributed by atoms with van der Waals surface area (Å²) < 4.78 is 0. The smallest absolute Gasteiger partial charge is 0.314 e. The third-order valence-corrected chi connectivity index (χ3v) is 4.48. The minimum absolute atomic E-state index is 0.0344. The summed E-state index contributed by atoms with van der Waals surface area (Å²) in [6, 6.07) is -0.0344. The predicted octanol–water partition coefficient (Wildman–Crippen LogP) is 4.31. The molecule has 6 nitrogen and oxygen atoms in total. The summed E-state index contributed by atoms with van der Waals surface area (Å²) >= 11 is 4.80. The Bertz CT molecular complexity index is 392. The summed E-state index contributed by atoms with van der Waals surface area (Å²) in [5, 5.41) is 9.00. The summed E-state index contributed by atoms with van der Waals surface area (Å²) in [6.07, 6.45) is 18.4. The lowest BCUT2D eigenvalue weighted by Gasteiger charge is -2.06. The number of hydrogen-bond donors (Lipinski definition) is 4. The third kappa shape index (κ3) is 20.8. The van der Waals surface area contributed by atoms with Crippen LogP contribution in [-0.2, 0) is 4.84 Å². The molecule has 0 aromatic carbocycles. The Hall–Kier alpha value is -1.34. The number of amides is 2. The van der Waals surface area contributed by atoms with Crippen molar-refractivity contribution in [2.75, 3.05) is 19.6 Å². The number of allylic oxidation sites excluding steroid dienone is 2. The molecule has 158 valence electrons. The Morgan fingerprint density at radius 3 is 1.93 bits per heavy atom. The molecule has 0 fully saturated rings. The number of urea groups is 1.